The first kappa shape index (κ1) is 8.53. The van der Waals surface area contributed by atoms with Crippen molar-refractivity contribution >= 4 is 5.97 Å². The monoisotopic (exact) mass is 157 g/mol. The number of esters is 1. The molecule has 1 saturated heterocycles. The minimum atomic E-state index is -0.0509. The molecule has 0 bridgehead atoms. The highest BCUT2D eigenvalue weighted by Gasteiger charge is 2.30. The van der Waals surface area contributed by atoms with Gasteiger partial charge in [0.05, 0.1) is 12.5 Å². The minimum absolute atomic E-state index is 0.0509. The first-order chi connectivity index (χ1) is 5.25. The van der Waals surface area contributed by atoms with Crippen LogP contribution in [0, 0.1) is 5.92 Å². The van der Waals surface area contributed by atoms with Crippen molar-refractivity contribution in [1.29, 1.82) is 0 Å². The van der Waals surface area contributed by atoms with Crippen LogP contribution in [0.15, 0.2) is 0 Å². The first-order valence-electron chi connectivity index (χ1n) is 4.15. The van der Waals surface area contributed by atoms with Crippen LogP contribution in [0.1, 0.15) is 20.3 Å². The molecule has 2 unspecified atom stereocenters. The summed E-state index contributed by atoms with van der Waals surface area (Å²) in [6.45, 7) is 5.28. The number of nitrogens with one attached hydrogen (secondary N) is 1. The van der Waals surface area contributed by atoms with Crippen molar-refractivity contribution < 1.29 is 9.53 Å². The zero-order valence-corrected chi connectivity index (χ0v) is 7.09. The SMILES string of the molecule is CCOC(=O)C1CCNC1C. The van der Waals surface area contributed by atoms with Gasteiger partial charge in [0, 0.05) is 6.04 Å². The molecule has 0 radical (unpaired) electrons. The maximum Gasteiger partial charge on any atom is 0.310 e. The van der Waals surface area contributed by atoms with Gasteiger partial charge in [-0.05, 0) is 26.8 Å². The molecule has 2 atom stereocenters. The topological polar surface area (TPSA) is 38.3 Å². The molecule has 1 fully saturated rings. The molecular formula is C8H15NO2. The Morgan fingerprint density at radius 1 is 1.73 bits per heavy atom. The summed E-state index contributed by atoms with van der Waals surface area (Å²) in [6.07, 6.45) is 0.917. The van der Waals surface area contributed by atoms with Crippen molar-refractivity contribution in [3.05, 3.63) is 0 Å². The lowest BCUT2D eigenvalue weighted by molar-refractivity contribution is -0.148. The van der Waals surface area contributed by atoms with E-state index in [9.17, 15) is 4.79 Å². The van der Waals surface area contributed by atoms with Crippen LogP contribution >= 0.6 is 0 Å². The van der Waals surface area contributed by atoms with E-state index in [1.54, 1.807) is 0 Å². The molecule has 1 N–H and O–H groups in total. The van der Waals surface area contributed by atoms with Crippen LogP contribution in [-0.4, -0.2) is 25.2 Å². The van der Waals surface area contributed by atoms with Crippen LogP contribution in [0.3, 0.4) is 0 Å². The summed E-state index contributed by atoms with van der Waals surface area (Å²) in [4.78, 5) is 11.2. The van der Waals surface area contributed by atoms with Gasteiger partial charge in [0.25, 0.3) is 0 Å². The van der Waals surface area contributed by atoms with Crippen molar-refractivity contribution in [3.8, 4) is 0 Å². The van der Waals surface area contributed by atoms with Gasteiger partial charge in [-0.1, -0.05) is 0 Å². The molecule has 3 nitrogen and oxygen atoms in total. The van der Waals surface area contributed by atoms with E-state index in [1.807, 2.05) is 13.8 Å². The predicted octanol–water partition coefficient (Wildman–Crippen LogP) is 0.547. The molecule has 0 aromatic rings. The van der Waals surface area contributed by atoms with Crippen molar-refractivity contribution in [2.24, 2.45) is 5.92 Å². The van der Waals surface area contributed by atoms with E-state index in [4.69, 9.17) is 4.74 Å². The van der Waals surface area contributed by atoms with Gasteiger partial charge in [0.2, 0.25) is 0 Å². The molecule has 1 heterocycles. The summed E-state index contributed by atoms with van der Waals surface area (Å²) in [5.41, 5.74) is 0. The van der Waals surface area contributed by atoms with Crippen LogP contribution in [0.25, 0.3) is 0 Å². The van der Waals surface area contributed by atoms with Crippen molar-refractivity contribution in [3.63, 3.8) is 0 Å². The molecule has 1 aliphatic rings. The summed E-state index contributed by atoms with van der Waals surface area (Å²) in [6, 6.07) is 0.286. The van der Waals surface area contributed by atoms with Crippen molar-refractivity contribution in [2.75, 3.05) is 13.2 Å². The summed E-state index contributed by atoms with van der Waals surface area (Å²) in [5, 5.41) is 3.21. The predicted molar refractivity (Wildman–Crippen MR) is 42.2 cm³/mol. The normalized spacial score (nSPS) is 30.4. The highest BCUT2D eigenvalue weighted by atomic mass is 16.5. The maximum absolute atomic E-state index is 11.2. The fourth-order valence-corrected chi connectivity index (χ4v) is 1.43. The average molecular weight is 157 g/mol. The molecule has 0 saturated carbocycles. The zero-order valence-electron chi connectivity index (χ0n) is 7.09. The van der Waals surface area contributed by atoms with Crippen LogP contribution in [0.5, 0.6) is 0 Å². The van der Waals surface area contributed by atoms with Gasteiger partial charge in [-0.3, -0.25) is 4.79 Å². The van der Waals surface area contributed by atoms with Crippen LogP contribution in [0.4, 0.5) is 0 Å². The lowest BCUT2D eigenvalue weighted by Crippen LogP contribution is -2.29. The summed E-state index contributed by atoms with van der Waals surface area (Å²) in [5.74, 6) is 0.0277. The summed E-state index contributed by atoms with van der Waals surface area (Å²) < 4.78 is 4.92. The lowest BCUT2D eigenvalue weighted by Gasteiger charge is -2.12. The van der Waals surface area contributed by atoms with E-state index < -0.39 is 0 Å². The second-order valence-corrected chi connectivity index (χ2v) is 2.89. The van der Waals surface area contributed by atoms with Crippen molar-refractivity contribution in [1.82, 2.24) is 5.32 Å². The molecule has 64 valence electrons. The zero-order chi connectivity index (χ0) is 8.27. The van der Waals surface area contributed by atoms with Gasteiger partial charge < -0.3 is 10.1 Å². The number of rotatable bonds is 2. The summed E-state index contributed by atoms with van der Waals surface area (Å²) >= 11 is 0. The Labute approximate surface area is 67.1 Å². The molecule has 0 spiro atoms. The van der Waals surface area contributed by atoms with E-state index >= 15 is 0 Å². The average Bonchev–Trinajstić information content (AvgIpc) is 2.36. The highest BCUT2D eigenvalue weighted by Crippen LogP contribution is 2.16. The quantitative estimate of drug-likeness (QED) is 0.595. The van der Waals surface area contributed by atoms with Gasteiger partial charge in [0.1, 0.15) is 0 Å². The second kappa shape index (κ2) is 3.72. The molecule has 0 aliphatic carbocycles. The Balaban J connectivity index is 2.39. The van der Waals surface area contributed by atoms with E-state index in [1.165, 1.54) is 0 Å². The van der Waals surface area contributed by atoms with Gasteiger partial charge in [-0.2, -0.15) is 0 Å². The maximum atomic E-state index is 11.2. The molecule has 1 aliphatic heterocycles. The molecule has 0 aromatic carbocycles. The van der Waals surface area contributed by atoms with Gasteiger partial charge in [-0.15, -0.1) is 0 Å². The molecule has 0 amide bonds. The highest BCUT2D eigenvalue weighted by molar-refractivity contribution is 5.73. The van der Waals surface area contributed by atoms with Crippen LogP contribution in [0.2, 0.25) is 0 Å². The Morgan fingerprint density at radius 3 is 2.91 bits per heavy atom. The van der Waals surface area contributed by atoms with Gasteiger partial charge in [0.15, 0.2) is 0 Å². The fraction of sp³-hybridized carbons (Fsp3) is 0.875. The molecule has 0 aromatic heterocycles. The Bertz CT molecular complexity index is 147. The Hall–Kier alpha value is -0.570. The lowest BCUT2D eigenvalue weighted by atomic mass is 10.0. The van der Waals surface area contributed by atoms with E-state index in [-0.39, 0.29) is 17.9 Å². The third-order valence-corrected chi connectivity index (χ3v) is 2.11. The van der Waals surface area contributed by atoms with E-state index in [0.717, 1.165) is 13.0 Å². The number of ether oxygens (including phenoxy) is 1. The molecule has 3 heteroatoms. The smallest absolute Gasteiger partial charge is 0.310 e. The Morgan fingerprint density at radius 2 is 2.45 bits per heavy atom. The molecule has 1 rings (SSSR count). The largest absolute Gasteiger partial charge is 0.466 e. The standard InChI is InChI=1S/C8H15NO2/c1-3-11-8(10)7-4-5-9-6(7)2/h6-7,9H,3-5H2,1-2H3. The van der Waals surface area contributed by atoms with Gasteiger partial charge in [-0.25, -0.2) is 0 Å². The van der Waals surface area contributed by atoms with E-state index in [2.05, 4.69) is 5.32 Å². The number of carbonyl (C=O) groups is 1. The third kappa shape index (κ3) is 1.93. The van der Waals surface area contributed by atoms with E-state index in [0.29, 0.717) is 6.61 Å². The Kier molecular flexibility index (Phi) is 2.88. The van der Waals surface area contributed by atoms with Crippen LogP contribution in [-0.2, 0) is 9.53 Å². The minimum Gasteiger partial charge on any atom is -0.466 e. The van der Waals surface area contributed by atoms with Gasteiger partial charge >= 0.3 is 5.97 Å². The third-order valence-electron chi connectivity index (χ3n) is 2.11. The number of carbonyl (C=O) groups excluding carboxylic acids is 1. The molecular weight excluding hydrogens is 142 g/mol. The molecule has 11 heavy (non-hydrogen) atoms. The van der Waals surface area contributed by atoms with Crippen molar-refractivity contribution in [2.45, 2.75) is 26.3 Å². The second-order valence-electron chi connectivity index (χ2n) is 2.89. The first-order valence-corrected chi connectivity index (χ1v) is 4.15. The number of hydrogen-bond acceptors (Lipinski definition) is 3. The number of hydrogen-bond donors (Lipinski definition) is 1. The summed E-state index contributed by atoms with van der Waals surface area (Å²) in [7, 11) is 0. The fourth-order valence-electron chi connectivity index (χ4n) is 1.43. The van der Waals surface area contributed by atoms with Crippen LogP contribution < -0.4 is 5.32 Å².